The summed E-state index contributed by atoms with van der Waals surface area (Å²) in [5.74, 6) is 0. The Morgan fingerprint density at radius 2 is 1.55 bits per heavy atom. The van der Waals surface area contributed by atoms with Gasteiger partial charge in [-0.05, 0) is 16.3 Å². The van der Waals surface area contributed by atoms with Crippen LogP contribution in [0, 0.1) is 0 Å². The van der Waals surface area contributed by atoms with E-state index < -0.39 is 0 Å². The van der Waals surface area contributed by atoms with Gasteiger partial charge in [0, 0.05) is 12.0 Å². The molecule has 0 aliphatic rings. The summed E-state index contributed by atoms with van der Waals surface area (Å²) in [6.45, 7) is 1.96. The van der Waals surface area contributed by atoms with E-state index in [1.54, 1.807) is 0 Å². The number of quaternary nitrogens is 2. The minimum absolute atomic E-state index is 0.519. The average Bonchev–Trinajstić information content (AvgIpc) is 2.59. The number of nitrogens with two attached hydrogens (primary N) is 1. The van der Waals surface area contributed by atoms with Gasteiger partial charge >= 0.3 is 0 Å². The first-order valence-corrected chi connectivity index (χ1v) is 8.00. The summed E-state index contributed by atoms with van der Waals surface area (Å²) in [6, 6.07) is 26.4. The van der Waals surface area contributed by atoms with E-state index in [-0.39, 0.29) is 0 Å². The first kappa shape index (κ1) is 14.8. The molecule has 0 saturated carbocycles. The topological polar surface area (TPSA) is 44.2 Å². The van der Waals surface area contributed by atoms with Crippen molar-refractivity contribution in [3.63, 3.8) is 0 Å². The van der Waals surface area contributed by atoms with Crippen molar-refractivity contribution >= 4 is 10.8 Å². The van der Waals surface area contributed by atoms with Crippen molar-refractivity contribution in [3.8, 4) is 0 Å². The van der Waals surface area contributed by atoms with Crippen molar-refractivity contribution in [1.82, 2.24) is 0 Å². The zero-order chi connectivity index (χ0) is 15.2. The summed E-state index contributed by atoms with van der Waals surface area (Å²) in [5.41, 5.74) is 6.94. The van der Waals surface area contributed by atoms with Crippen LogP contribution in [0.15, 0.2) is 72.8 Å². The summed E-state index contributed by atoms with van der Waals surface area (Å²) in [6.07, 6.45) is 1.07. The summed E-state index contributed by atoms with van der Waals surface area (Å²) in [7, 11) is 0. The number of benzene rings is 3. The maximum absolute atomic E-state index is 4.14. The summed E-state index contributed by atoms with van der Waals surface area (Å²) >= 11 is 0. The van der Waals surface area contributed by atoms with Crippen LogP contribution >= 0.6 is 0 Å². The van der Waals surface area contributed by atoms with Gasteiger partial charge in [-0.1, -0.05) is 72.8 Å². The molecule has 22 heavy (non-hydrogen) atoms. The Morgan fingerprint density at radius 1 is 0.818 bits per heavy atom. The minimum Gasteiger partial charge on any atom is -0.353 e. The SMILES string of the molecule is [NH3+]C[C@H](Cc1cccc2ccccc12)[NH2+]Cc1ccccc1. The average molecular weight is 292 g/mol. The first-order chi connectivity index (χ1) is 10.9. The van der Waals surface area contributed by atoms with Crippen LogP contribution in [0.1, 0.15) is 11.1 Å². The lowest BCUT2D eigenvalue weighted by Gasteiger charge is -2.14. The van der Waals surface area contributed by atoms with Crippen LogP contribution in [-0.4, -0.2) is 12.6 Å². The maximum atomic E-state index is 4.14. The van der Waals surface area contributed by atoms with E-state index in [0.717, 1.165) is 19.5 Å². The summed E-state index contributed by atoms with van der Waals surface area (Å²) in [4.78, 5) is 0. The molecule has 5 N–H and O–H groups in total. The third-order valence-corrected chi connectivity index (χ3v) is 4.26. The summed E-state index contributed by atoms with van der Waals surface area (Å²) in [5, 5.41) is 5.12. The molecule has 0 saturated heterocycles. The standard InChI is InChI=1S/C20H22N2/c21-14-19(22-15-16-7-2-1-3-8-16)13-18-11-6-10-17-9-4-5-12-20(17)18/h1-12,19,22H,13-15,21H2/p+2/t19-/m0/s1. The van der Waals surface area contributed by atoms with Gasteiger partial charge in [-0.3, -0.25) is 0 Å². The maximum Gasteiger partial charge on any atom is 0.140 e. The molecule has 3 aromatic rings. The van der Waals surface area contributed by atoms with Gasteiger partial charge < -0.3 is 11.1 Å². The van der Waals surface area contributed by atoms with Crippen LogP contribution in [0.25, 0.3) is 10.8 Å². The molecule has 3 rings (SSSR count). The molecule has 0 radical (unpaired) electrons. The van der Waals surface area contributed by atoms with Crippen molar-refractivity contribution in [1.29, 1.82) is 0 Å². The van der Waals surface area contributed by atoms with Crippen molar-refractivity contribution in [2.45, 2.75) is 19.0 Å². The molecule has 0 amide bonds. The molecule has 0 bridgehead atoms. The highest BCUT2D eigenvalue weighted by Crippen LogP contribution is 2.19. The highest BCUT2D eigenvalue weighted by atomic mass is 14.9. The second-order valence-electron chi connectivity index (χ2n) is 5.82. The molecule has 1 atom stereocenters. The molecule has 2 heteroatoms. The van der Waals surface area contributed by atoms with Gasteiger partial charge in [-0.25, -0.2) is 0 Å². The van der Waals surface area contributed by atoms with Gasteiger partial charge in [-0.2, -0.15) is 0 Å². The third kappa shape index (κ3) is 3.53. The van der Waals surface area contributed by atoms with Crippen LogP contribution in [0.4, 0.5) is 0 Å². The van der Waals surface area contributed by atoms with Gasteiger partial charge in [0.15, 0.2) is 0 Å². The Balaban J connectivity index is 1.71. The van der Waals surface area contributed by atoms with Crippen LogP contribution in [0.2, 0.25) is 0 Å². The van der Waals surface area contributed by atoms with Crippen molar-refractivity contribution in [2.24, 2.45) is 0 Å². The zero-order valence-corrected chi connectivity index (χ0v) is 12.9. The fourth-order valence-electron chi connectivity index (χ4n) is 2.97. The van der Waals surface area contributed by atoms with Crippen LogP contribution in [0.5, 0.6) is 0 Å². The van der Waals surface area contributed by atoms with Gasteiger partial charge in [-0.15, -0.1) is 0 Å². The lowest BCUT2D eigenvalue weighted by atomic mass is 9.98. The van der Waals surface area contributed by atoms with Gasteiger partial charge in [0.1, 0.15) is 19.1 Å². The molecule has 0 aromatic heterocycles. The van der Waals surface area contributed by atoms with Crippen LogP contribution in [0.3, 0.4) is 0 Å². The summed E-state index contributed by atoms with van der Waals surface area (Å²) < 4.78 is 0. The molecule has 0 aliphatic heterocycles. The van der Waals surface area contributed by atoms with E-state index >= 15 is 0 Å². The molecule has 0 heterocycles. The Kier molecular flexibility index (Phi) is 4.84. The van der Waals surface area contributed by atoms with Crippen LogP contribution in [-0.2, 0) is 13.0 Å². The number of fused-ring (bicyclic) bond motifs is 1. The van der Waals surface area contributed by atoms with Gasteiger partial charge in [0.2, 0.25) is 0 Å². The molecular formula is C20H24N2+2. The predicted octanol–water partition coefficient (Wildman–Crippen LogP) is 1.76. The number of hydrogen-bond donors (Lipinski definition) is 2. The molecule has 0 spiro atoms. The van der Waals surface area contributed by atoms with Gasteiger partial charge in [0.05, 0.1) is 0 Å². The van der Waals surface area contributed by atoms with Crippen molar-refractivity contribution in [2.75, 3.05) is 6.54 Å². The fourth-order valence-corrected chi connectivity index (χ4v) is 2.97. The lowest BCUT2D eigenvalue weighted by Crippen LogP contribution is -2.93. The smallest absolute Gasteiger partial charge is 0.140 e. The van der Waals surface area contributed by atoms with E-state index in [1.807, 2.05) is 0 Å². The molecule has 2 nitrogen and oxygen atoms in total. The van der Waals surface area contributed by atoms with Gasteiger partial charge in [0.25, 0.3) is 0 Å². The highest BCUT2D eigenvalue weighted by Gasteiger charge is 2.14. The van der Waals surface area contributed by atoms with E-state index in [0.29, 0.717) is 6.04 Å². The lowest BCUT2D eigenvalue weighted by molar-refractivity contribution is -0.719. The fraction of sp³-hybridized carbons (Fsp3) is 0.200. The highest BCUT2D eigenvalue weighted by molar-refractivity contribution is 5.85. The normalized spacial score (nSPS) is 12.4. The molecule has 3 aromatic carbocycles. The molecule has 0 aliphatic carbocycles. The van der Waals surface area contributed by atoms with Crippen molar-refractivity contribution < 1.29 is 11.1 Å². The Morgan fingerprint density at radius 3 is 2.36 bits per heavy atom. The zero-order valence-electron chi connectivity index (χ0n) is 12.9. The number of rotatable bonds is 6. The second-order valence-corrected chi connectivity index (χ2v) is 5.82. The van der Waals surface area contributed by atoms with E-state index in [4.69, 9.17) is 0 Å². The number of hydrogen-bond acceptors (Lipinski definition) is 0. The Labute approximate surface area is 132 Å². The molecule has 0 unspecified atom stereocenters. The second kappa shape index (κ2) is 7.21. The van der Waals surface area contributed by atoms with E-state index in [9.17, 15) is 0 Å². The molecule has 0 fully saturated rings. The van der Waals surface area contributed by atoms with Crippen molar-refractivity contribution in [3.05, 3.63) is 83.9 Å². The Bertz CT molecular complexity index is 717. The quantitative estimate of drug-likeness (QED) is 0.695. The van der Waals surface area contributed by atoms with E-state index in [2.05, 4.69) is 83.8 Å². The molecular weight excluding hydrogens is 268 g/mol. The molecule has 112 valence electrons. The first-order valence-electron chi connectivity index (χ1n) is 8.00. The minimum atomic E-state index is 0.519. The largest absolute Gasteiger partial charge is 0.353 e. The third-order valence-electron chi connectivity index (χ3n) is 4.26. The predicted molar refractivity (Wildman–Crippen MR) is 91.3 cm³/mol. The monoisotopic (exact) mass is 292 g/mol. The van der Waals surface area contributed by atoms with E-state index in [1.165, 1.54) is 21.9 Å². The Hall–Kier alpha value is -2.16. The van der Waals surface area contributed by atoms with Crippen LogP contribution < -0.4 is 11.1 Å².